The summed E-state index contributed by atoms with van der Waals surface area (Å²) in [5, 5.41) is 11.1. The van der Waals surface area contributed by atoms with Crippen molar-refractivity contribution in [3.8, 4) is 5.75 Å². The highest BCUT2D eigenvalue weighted by Gasteiger charge is 2.15. The van der Waals surface area contributed by atoms with E-state index in [0.29, 0.717) is 16.4 Å². The number of rotatable bonds is 5. The van der Waals surface area contributed by atoms with Gasteiger partial charge in [-0.1, -0.05) is 35.2 Å². The standard InChI is InChI=1S/C13H15N3O2S2/c1-8(2)18-10-7-5-4-6-9(10)11(17)14-12-15-16-13(19-3)20-12/h4-8H,1-3H3,(H,14,15,17). The monoisotopic (exact) mass is 309 g/mol. The molecule has 0 spiro atoms. The van der Waals surface area contributed by atoms with Crippen molar-refractivity contribution < 1.29 is 9.53 Å². The maximum Gasteiger partial charge on any atom is 0.261 e. The first-order chi connectivity index (χ1) is 9.60. The molecule has 0 saturated carbocycles. The molecule has 0 atom stereocenters. The molecule has 0 aliphatic carbocycles. The molecule has 0 unspecified atom stereocenters. The van der Waals surface area contributed by atoms with Crippen LogP contribution in [-0.2, 0) is 0 Å². The molecule has 1 N–H and O–H groups in total. The van der Waals surface area contributed by atoms with E-state index >= 15 is 0 Å². The van der Waals surface area contributed by atoms with E-state index in [-0.39, 0.29) is 12.0 Å². The summed E-state index contributed by atoms with van der Waals surface area (Å²) in [6.45, 7) is 3.84. The van der Waals surface area contributed by atoms with E-state index in [0.717, 1.165) is 4.34 Å². The highest BCUT2D eigenvalue weighted by atomic mass is 32.2. The molecular formula is C13H15N3O2S2. The Bertz CT molecular complexity index is 599. The molecule has 0 saturated heterocycles. The molecular weight excluding hydrogens is 294 g/mol. The fourth-order valence-electron chi connectivity index (χ4n) is 1.52. The second-order valence-corrected chi connectivity index (χ2v) is 6.23. The summed E-state index contributed by atoms with van der Waals surface area (Å²) in [7, 11) is 0. The number of hydrogen-bond donors (Lipinski definition) is 1. The molecule has 0 radical (unpaired) electrons. The molecule has 0 bridgehead atoms. The van der Waals surface area contributed by atoms with Gasteiger partial charge in [-0.15, -0.1) is 10.2 Å². The topological polar surface area (TPSA) is 64.1 Å². The average Bonchev–Trinajstić information content (AvgIpc) is 2.86. The van der Waals surface area contributed by atoms with Crippen LogP contribution >= 0.6 is 23.1 Å². The molecule has 1 heterocycles. The van der Waals surface area contributed by atoms with Gasteiger partial charge >= 0.3 is 0 Å². The van der Waals surface area contributed by atoms with Crippen molar-refractivity contribution in [3.63, 3.8) is 0 Å². The average molecular weight is 309 g/mol. The van der Waals surface area contributed by atoms with Gasteiger partial charge in [-0.3, -0.25) is 10.1 Å². The Morgan fingerprint density at radius 1 is 1.35 bits per heavy atom. The van der Waals surface area contributed by atoms with Crippen LogP contribution in [0, 0.1) is 0 Å². The Labute approximate surface area is 125 Å². The second-order valence-electron chi connectivity index (χ2n) is 4.19. The van der Waals surface area contributed by atoms with Crippen LogP contribution in [0.4, 0.5) is 5.13 Å². The van der Waals surface area contributed by atoms with Crippen LogP contribution in [-0.4, -0.2) is 28.5 Å². The second kappa shape index (κ2) is 6.71. The van der Waals surface area contributed by atoms with Gasteiger partial charge in [-0.2, -0.15) is 0 Å². The lowest BCUT2D eigenvalue weighted by Crippen LogP contribution is -2.15. The smallest absolute Gasteiger partial charge is 0.261 e. The number of carbonyl (C=O) groups is 1. The van der Waals surface area contributed by atoms with Crippen LogP contribution < -0.4 is 10.1 Å². The Morgan fingerprint density at radius 3 is 2.75 bits per heavy atom. The lowest BCUT2D eigenvalue weighted by atomic mass is 10.2. The highest BCUT2D eigenvalue weighted by molar-refractivity contribution is 8.00. The lowest BCUT2D eigenvalue weighted by molar-refractivity contribution is 0.102. The molecule has 1 aromatic carbocycles. The molecule has 7 heteroatoms. The molecule has 1 aromatic heterocycles. The summed E-state index contributed by atoms with van der Waals surface area (Å²) in [5.74, 6) is 0.319. The molecule has 2 rings (SSSR count). The minimum absolute atomic E-state index is 0.00794. The zero-order valence-corrected chi connectivity index (χ0v) is 13.0. The third-order valence-corrected chi connectivity index (χ3v) is 4.11. The minimum Gasteiger partial charge on any atom is -0.490 e. The number of nitrogens with one attached hydrogen (secondary N) is 1. The van der Waals surface area contributed by atoms with Gasteiger partial charge in [-0.05, 0) is 32.2 Å². The number of thioether (sulfide) groups is 1. The van der Waals surface area contributed by atoms with E-state index in [1.807, 2.05) is 26.2 Å². The van der Waals surface area contributed by atoms with Gasteiger partial charge < -0.3 is 4.74 Å². The quantitative estimate of drug-likeness (QED) is 0.678. The Morgan fingerprint density at radius 2 is 2.10 bits per heavy atom. The van der Waals surface area contributed by atoms with Crippen LogP contribution in [0.2, 0.25) is 0 Å². The van der Waals surface area contributed by atoms with Crippen molar-refractivity contribution in [2.45, 2.75) is 24.3 Å². The third-order valence-electron chi connectivity index (χ3n) is 2.30. The van der Waals surface area contributed by atoms with Gasteiger partial charge in [0.1, 0.15) is 5.75 Å². The molecule has 5 nitrogen and oxygen atoms in total. The van der Waals surface area contributed by atoms with Crippen LogP contribution in [0.25, 0.3) is 0 Å². The molecule has 106 valence electrons. The summed E-state index contributed by atoms with van der Waals surface area (Å²) in [4.78, 5) is 12.3. The van der Waals surface area contributed by atoms with Crippen LogP contribution in [0.3, 0.4) is 0 Å². The summed E-state index contributed by atoms with van der Waals surface area (Å²) >= 11 is 2.84. The van der Waals surface area contributed by atoms with Crippen molar-refractivity contribution >= 4 is 34.1 Å². The molecule has 0 aliphatic rings. The van der Waals surface area contributed by atoms with Crippen molar-refractivity contribution in [3.05, 3.63) is 29.8 Å². The van der Waals surface area contributed by atoms with E-state index < -0.39 is 0 Å². The number of nitrogens with zero attached hydrogens (tertiary/aromatic N) is 2. The number of aromatic nitrogens is 2. The van der Waals surface area contributed by atoms with Crippen molar-refractivity contribution in [2.24, 2.45) is 0 Å². The minimum atomic E-state index is -0.245. The van der Waals surface area contributed by atoms with Crippen molar-refractivity contribution in [1.29, 1.82) is 0 Å². The zero-order valence-electron chi connectivity index (χ0n) is 11.4. The summed E-state index contributed by atoms with van der Waals surface area (Å²) in [6, 6.07) is 7.15. The fourth-order valence-corrected chi connectivity index (χ4v) is 2.68. The largest absolute Gasteiger partial charge is 0.490 e. The zero-order chi connectivity index (χ0) is 14.5. The van der Waals surface area contributed by atoms with Crippen LogP contribution in [0.15, 0.2) is 28.6 Å². The molecule has 20 heavy (non-hydrogen) atoms. The SMILES string of the molecule is CSc1nnc(NC(=O)c2ccccc2OC(C)C)s1. The van der Waals surface area contributed by atoms with E-state index in [1.165, 1.54) is 23.1 Å². The predicted molar refractivity (Wildman–Crippen MR) is 81.8 cm³/mol. The number of anilines is 1. The number of benzene rings is 1. The molecule has 0 aliphatic heterocycles. The maximum absolute atomic E-state index is 12.3. The van der Waals surface area contributed by atoms with Crippen LogP contribution in [0.1, 0.15) is 24.2 Å². The molecule has 1 amide bonds. The number of ether oxygens (including phenoxy) is 1. The van der Waals surface area contributed by atoms with Gasteiger partial charge in [0, 0.05) is 0 Å². The maximum atomic E-state index is 12.3. The van der Waals surface area contributed by atoms with Crippen molar-refractivity contribution in [2.75, 3.05) is 11.6 Å². The number of hydrogen-bond acceptors (Lipinski definition) is 6. The van der Waals surface area contributed by atoms with Crippen molar-refractivity contribution in [1.82, 2.24) is 10.2 Å². The lowest BCUT2D eigenvalue weighted by Gasteiger charge is -2.13. The third kappa shape index (κ3) is 3.71. The Balaban J connectivity index is 2.16. The van der Waals surface area contributed by atoms with E-state index in [9.17, 15) is 4.79 Å². The summed E-state index contributed by atoms with van der Waals surface area (Å²) < 4.78 is 6.45. The predicted octanol–water partition coefficient (Wildman–Crippen LogP) is 3.30. The van der Waals surface area contributed by atoms with Gasteiger partial charge in [-0.25, -0.2) is 0 Å². The fraction of sp³-hybridized carbons (Fsp3) is 0.308. The number of amides is 1. The Kier molecular flexibility index (Phi) is 4.97. The number of carbonyl (C=O) groups excluding carboxylic acids is 1. The Hall–Kier alpha value is -1.60. The first kappa shape index (κ1) is 14.8. The van der Waals surface area contributed by atoms with Crippen LogP contribution in [0.5, 0.6) is 5.75 Å². The molecule has 0 fully saturated rings. The normalized spacial score (nSPS) is 10.6. The van der Waals surface area contributed by atoms with E-state index in [1.54, 1.807) is 18.2 Å². The van der Waals surface area contributed by atoms with E-state index in [4.69, 9.17) is 4.74 Å². The van der Waals surface area contributed by atoms with Gasteiger partial charge in [0.25, 0.3) is 5.91 Å². The first-order valence-corrected chi connectivity index (χ1v) is 8.09. The van der Waals surface area contributed by atoms with E-state index in [2.05, 4.69) is 15.5 Å². The van der Waals surface area contributed by atoms with Gasteiger partial charge in [0.05, 0.1) is 11.7 Å². The van der Waals surface area contributed by atoms with Gasteiger partial charge in [0.2, 0.25) is 5.13 Å². The summed E-state index contributed by atoms with van der Waals surface area (Å²) in [5.41, 5.74) is 0.488. The summed E-state index contributed by atoms with van der Waals surface area (Å²) in [6.07, 6.45) is 1.92. The highest BCUT2D eigenvalue weighted by Crippen LogP contribution is 2.25. The van der Waals surface area contributed by atoms with Gasteiger partial charge in [0.15, 0.2) is 4.34 Å². The first-order valence-electron chi connectivity index (χ1n) is 6.04. The number of para-hydroxylation sites is 1. The molecule has 2 aromatic rings.